The van der Waals surface area contributed by atoms with Gasteiger partial charge >= 0.3 is 0 Å². The van der Waals surface area contributed by atoms with Crippen LogP contribution in [0.3, 0.4) is 0 Å². The van der Waals surface area contributed by atoms with Crippen LogP contribution in [0.5, 0.6) is 5.75 Å². The van der Waals surface area contributed by atoms with Gasteiger partial charge in [-0.15, -0.1) is 0 Å². The lowest BCUT2D eigenvalue weighted by molar-refractivity contribution is -0.134. The zero-order valence-corrected chi connectivity index (χ0v) is 16.3. The Morgan fingerprint density at radius 1 is 1.31 bits per heavy atom. The van der Waals surface area contributed by atoms with Gasteiger partial charge in [0.25, 0.3) is 0 Å². The molecule has 1 fully saturated rings. The van der Waals surface area contributed by atoms with Crippen LogP contribution < -0.4 is 15.4 Å². The monoisotopic (exact) mass is 360 g/mol. The number of guanidine groups is 1. The fourth-order valence-corrected chi connectivity index (χ4v) is 3.24. The van der Waals surface area contributed by atoms with E-state index in [-0.39, 0.29) is 5.91 Å². The molecular weight excluding hydrogens is 328 g/mol. The maximum Gasteiger partial charge on any atom is 0.224 e. The molecule has 0 bridgehead atoms. The van der Waals surface area contributed by atoms with Gasteiger partial charge in [0, 0.05) is 37.7 Å². The molecule has 1 aromatic carbocycles. The van der Waals surface area contributed by atoms with E-state index >= 15 is 0 Å². The molecule has 0 spiro atoms. The molecule has 0 aromatic heterocycles. The third-order valence-corrected chi connectivity index (χ3v) is 4.70. The first-order chi connectivity index (χ1) is 12.7. The molecule has 1 aromatic rings. The van der Waals surface area contributed by atoms with Crippen LogP contribution in [0.2, 0.25) is 0 Å². The van der Waals surface area contributed by atoms with Gasteiger partial charge in [-0.3, -0.25) is 4.79 Å². The van der Waals surface area contributed by atoms with Gasteiger partial charge in [-0.1, -0.05) is 18.2 Å². The summed E-state index contributed by atoms with van der Waals surface area (Å²) in [5, 5.41) is 6.49. The second kappa shape index (κ2) is 10.7. The van der Waals surface area contributed by atoms with E-state index in [0.717, 1.165) is 43.2 Å². The Hall–Kier alpha value is -2.24. The van der Waals surface area contributed by atoms with Gasteiger partial charge in [0.05, 0.1) is 13.7 Å². The standard InChI is InChI=1S/C20H32N4O2/c1-4-21-20(23-15-17-10-5-6-11-18(17)26-3)22-13-12-19(25)24-14-8-7-9-16(24)2/h5-6,10-11,16H,4,7-9,12-15H2,1-3H3,(H2,21,22,23). The minimum absolute atomic E-state index is 0.227. The number of benzene rings is 1. The number of aliphatic imine (C=N–C) groups is 1. The van der Waals surface area contributed by atoms with E-state index in [2.05, 4.69) is 22.5 Å². The number of para-hydroxylation sites is 1. The van der Waals surface area contributed by atoms with Gasteiger partial charge in [0.1, 0.15) is 5.75 Å². The molecule has 144 valence electrons. The average Bonchev–Trinajstić information content (AvgIpc) is 2.66. The van der Waals surface area contributed by atoms with Gasteiger partial charge < -0.3 is 20.3 Å². The Balaban J connectivity index is 1.86. The quantitative estimate of drug-likeness (QED) is 0.579. The predicted molar refractivity (Wildman–Crippen MR) is 105 cm³/mol. The lowest BCUT2D eigenvalue weighted by atomic mass is 10.0. The van der Waals surface area contributed by atoms with Crippen molar-refractivity contribution in [3.05, 3.63) is 29.8 Å². The highest BCUT2D eigenvalue weighted by atomic mass is 16.5. The molecule has 1 aliphatic rings. The van der Waals surface area contributed by atoms with Gasteiger partial charge in [0.15, 0.2) is 5.96 Å². The SMILES string of the molecule is CCNC(=NCc1ccccc1OC)NCCC(=O)N1CCCCC1C. The zero-order valence-electron chi connectivity index (χ0n) is 16.3. The largest absolute Gasteiger partial charge is 0.496 e. The first kappa shape index (κ1) is 20.1. The van der Waals surface area contributed by atoms with E-state index < -0.39 is 0 Å². The second-order valence-corrected chi connectivity index (χ2v) is 6.62. The fraction of sp³-hybridized carbons (Fsp3) is 0.600. The molecule has 1 aliphatic heterocycles. The van der Waals surface area contributed by atoms with E-state index in [1.54, 1.807) is 7.11 Å². The van der Waals surface area contributed by atoms with E-state index in [4.69, 9.17) is 4.74 Å². The smallest absolute Gasteiger partial charge is 0.224 e. The number of hydrogen-bond acceptors (Lipinski definition) is 3. The van der Waals surface area contributed by atoms with Gasteiger partial charge in [-0.05, 0) is 39.2 Å². The van der Waals surface area contributed by atoms with Crippen molar-refractivity contribution in [1.29, 1.82) is 0 Å². The molecule has 2 N–H and O–H groups in total. The lowest BCUT2D eigenvalue weighted by Crippen LogP contribution is -2.44. The molecule has 0 saturated carbocycles. The number of methoxy groups -OCH3 is 1. The Bertz CT molecular complexity index is 603. The summed E-state index contributed by atoms with van der Waals surface area (Å²) in [6.07, 6.45) is 3.95. The number of hydrogen-bond donors (Lipinski definition) is 2. The fourth-order valence-electron chi connectivity index (χ4n) is 3.24. The molecule has 1 heterocycles. The number of carbonyl (C=O) groups excluding carboxylic acids is 1. The van der Waals surface area contributed by atoms with Crippen LogP contribution in [0.25, 0.3) is 0 Å². The molecule has 6 heteroatoms. The molecular formula is C20H32N4O2. The number of likely N-dealkylation sites (tertiary alicyclic amines) is 1. The van der Waals surface area contributed by atoms with Crippen LogP contribution in [0.4, 0.5) is 0 Å². The molecule has 26 heavy (non-hydrogen) atoms. The molecule has 1 unspecified atom stereocenters. The number of nitrogens with one attached hydrogen (secondary N) is 2. The Labute approximate surface area is 157 Å². The first-order valence-electron chi connectivity index (χ1n) is 9.59. The van der Waals surface area contributed by atoms with Crippen molar-refractivity contribution in [3.8, 4) is 5.75 Å². The van der Waals surface area contributed by atoms with Gasteiger partial charge in [-0.2, -0.15) is 0 Å². The molecule has 6 nitrogen and oxygen atoms in total. The van der Waals surface area contributed by atoms with Crippen LogP contribution in [-0.2, 0) is 11.3 Å². The summed E-state index contributed by atoms with van der Waals surface area (Å²) in [7, 11) is 1.67. The Kier molecular flexibility index (Phi) is 8.25. The van der Waals surface area contributed by atoms with E-state index in [0.29, 0.717) is 25.6 Å². The molecule has 0 aliphatic carbocycles. The highest BCUT2D eigenvalue weighted by molar-refractivity contribution is 5.81. The highest BCUT2D eigenvalue weighted by Crippen LogP contribution is 2.18. The number of carbonyl (C=O) groups is 1. The van der Waals surface area contributed by atoms with Crippen LogP contribution in [0.1, 0.15) is 45.1 Å². The maximum atomic E-state index is 12.4. The van der Waals surface area contributed by atoms with Gasteiger partial charge in [0.2, 0.25) is 5.91 Å². The van der Waals surface area contributed by atoms with Crippen molar-refractivity contribution >= 4 is 11.9 Å². The summed E-state index contributed by atoms with van der Waals surface area (Å²) < 4.78 is 5.37. The lowest BCUT2D eigenvalue weighted by Gasteiger charge is -2.33. The van der Waals surface area contributed by atoms with Crippen molar-refractivity contribution in [1.82, 2.24) is 15.5 Å². The third-order valence-electron chi connectivity index (χ3n) is 4.70. The Morgan fingerprint density at radius 3 is 2.85 bits per heavy atom. The van der Waals surface area contributed by atoms with Crippen LogP contribution >= 0.6 is 0 Å². The zero-order chi connectivity index (χ0) is 18.8. The summed E-state index contributed by atoms with van der Waals surface area (Å²) >= 11 is 0. The first-order valence-corrected chi connectivity index (χ1v) is 9.59. The second-order valence-electron chi connectivity index (χ2n) is 6.62. The molecule has 1 atom stereocenters. The third kappa shape index (κ3) is 5.93. The topological polar surface area (TPSA) is 66.0 Å². The summed E-state index contributed by atoms with van der Waals surface area (Å²) in [6.45, 7) is 6.94. The van der Waals surface area contributed by atoms with E-state index in [9.17, 15) is 4.79 Å². The molecule has 2 rings (SSSR count). The summed E-state index contributed by atoms with van der Waals surface area (Å²) in [6, 6.07) is 8.23. The van der Waals surface area contributed by atoms with Crippen LogP contribution in [0, 0.1) is 0 Å². The normalized spacial score (nSPS) is 17.7. The van der Waals surface area contributed by atoms with Crippen molar-refractivity contribution < 1.29 is 9.53 Å². The number of amides is 1. The predicted octanol–water partition coefficient (Wildman–Crippen LogP) is 2.54. The molecule has 0 radical (unpaired) electrons. The minimum atomic E-state index is 0.227. The summed E-state index contributed by atoms with van der Waals surface area (Å²) in [5.41, 5.74) is 1.03. The van der Waals surface area contributed by atoms with Crippen molar-refractivity contribution in [2.45, 2.75) is 52.1 Å². The molecule has 1 amide bonds. The van der Waals surface area contributed by atoms with Crippen molar-refractivity contribution in [3.63, 3.8) is 0 Å². The van der Waals surface area contributed by atoms with Crippen molar-refractivity contribution in [2.24, 2.45) is 4.99 Å². The number of rotatable bonds is 7. The minimum Gasteiger partial charge on any atom is -0.496 e. The highest BCUT2D eigenvalue weighted by Gasteiger charge is 2.22. The summed E-state index contributed by atoms with van der Waals surface area (Å²) in [4.78, 5) is 19.0. The average molecular weight is 361 g/mol. The van der Waals surface area contributed by atoms with Crippen LogP contribution in [-0.4, -0.2) is 49.6 Å². The van der Waals surface area contributed by atoms with Crippen LogP contribution in [0.15, 0.2) is 29.3 Å². The number of ether oxygens (including phenoxy) is 1. The van der Waals surface area contributed by atoms with Crippen molar-refractivity contribution in [2.75, 3.05) is 26.7 Å². The van der Waals surface area contributed by atoms with E-state index in [1.807, 2.05) is 36.1 Å². The maximum absolute atomic E-state index is 12.4. The summed E-state index contributed by atoms with van der Waals surface area (Å²) in [5.74, 6) is 1.78. The number of piperidine rings is 1. The Morgan fingerprint density at radius 2 is 2.12 bits per heavy atom. The number of nitrogens with zero attached hydrogens (tertiary/aromatic N) is 2. The molecule has 1 saturated heterocycles. The van der Waals surface area contributed by atoms with E-state index in [1.165, 1.54) is 6.42 Å². The van der Waals surface area contributed by atoms with Gasteiger partial charge in [-0.25, -0.2) is 4.99 Å².